The minimum Gasteiger partial charge on any atom is -0.299 e. The first-order valence-corrected chi connectivity index (χ1v) is 5.01. The molecule has 0 saturated carbocycles. The third kappa shape index (κ3) is 2.12. The summed E-state index contributed by atoms with van der Waals surface area (Å²) < 4.78 is 0. The van der Waals surface area contributed by atoms with Gasteiger partial charge in [0.05, 0.1) is 0 Å². The Hall–Kier alpha value is -1.33. The number of likely N-dealkylation sites (tertiary alicyclic amines) is 1. The van der Waals surface area contributed by atoms with Crippen molar-refractivity contribution in [2.45, 2.75) is 19.4 Å². The third-order valence-corrected chi connectivity index (χ3v) is 2.57. The summed E-state index contributed by atoms with van der Waals surface area (Å²) in [6, 6.07) is 2.05. The first kappa shape index (κ1) is 9.23. The smallest absolute Gasteiger partial charge is 0.0429 e. The Kier molecular flexibility index (Phi) is 2.81. The molecule has 0 atom stereocenters. The average molecular weight is 186 g/mol. The number of terminal acetylenes is 1. The molecule has 0 spiro atoms. The topological polar surface area (TPSA) is 16.1 Å². The van der Waals surface area contributed by atoms with Gasteiger partial charge in [0, 0.05) is 24.5 Å². The van der Waals surface area contributed by atoms with Gasteiger partial charge in [0.25, 0.3) is 0 Å². The van der Waals surface area contributed by atoms with Gasteiger partial charge in [-0.05, 0) is 37.6 Å². The van der Waals surface area contributed by atoms with E-state index in [0.717, 1.165) is 12.1 Å². The lowest BCUT2D eigenvalue weighted by Gasteiger charge is -2.13. The van der Waals surface area contributed by atoms with E-state index in [1.54, 1.807) is 6.20 Å². The van der Waals surface area contributed by atoms with Crippen molar-refractivity contribution in [1.82, 2.24) is 9.88 Å². The van der Waals surface area contributed by atoms with Gasteiger partial charge >= 0.3 is 0 Å². The maximum Gasteiger partial charge on any atom is 0.0429 e. The van der Waals surface area contributed by atoms with Gasteiger partial charge in [0.1, 0.15) is 0 Å². The summed E-state index contributed by atoms with van der Waals surface area (Å²) >= 11 is 0. The van der Waals surface area contributed by atoms with Crippen molar-refractivity contribution in [3.63, 3.8) is 0 Å². The molecule has 1 saturated heterocycles. The van der Waals surface area contributed by atoms with Gasteiger partial charge in [0.15, 0.2) is 0 Å². The molecule has 72 valence electrons. The lowest BCUT2D eigenvalue weighted by atomic mass is 10.2. The number of nitrogens with zero attached hydrogens (tertiary/aromatic N) is 2. The Labute approximate surface area is 85.0 Å². The SMILES string of the molecule is C#Cc1cncc(CN2CCCC2)c1. The Bertz CT molecular complexity index is 346. The lowest BCUT2D eigenvalue weighted by molar-refractivity contribution is 0.331. The number of hydrogen-bond donors (Lipinski definition) is 0. The van der Waals surface area contributed by atoms with E-state index >= 15 is 0 Å². The Morgan fingerprint density at radius 3 is 2.86 bits per heavy atom. The lowest BCUT2D eigenvalue weighted by Crippen LogP contribution is -2.18. The van der Waals surface area contributed by atoms with E-state index < -0.39 is 0 Å². The summed E-state index contributed by atoms with van der Waals surface area (Å²) in [7, 11) is 0. The molecule has 0 bridgehead atoms. The highest BCUT2D eigenvalue weighted by molar-refractivity contribution is 5.31. The minimum absolute atomic E-state index is 0.877. The molecule has 1 aromatic rings. The number of pyridine rings is 1. The summed E-state index contributed by atoms with van der Waals surface area (Å²) in [5.74, 6) is 2.61. The molecule has 1 aliphatic heterocycles. The molecular formula is C12H14N2. The van der Waals surface area contributed by atoms with Gasteiger partial charge in [-0.15, -0.1) is 6.42 Å². The van der Waals surface area contributed by atoms with Crippen LogP contribution in [0.1, 0.15) is 24.0 Å². The van der Waals surface area contributed by atoms with Crippen molar-refractivity contribution < 1.29 is 0 Å². The zero-order valence-corrected chi connectivity index (χ0v) is 8.24. The van der Waals surface area contributed by atoms with Crippen LogP contribution in [-0.4, -0.2) is 23.0 Å². The molecule has 1 aromatic heterocycles. The van der Waals surface area contributed by atoms with E-state index in [4.69, 9.17) is 6.42 Å². The van der Waals surface area contributed by atoms with Crippen LogP contribution in [0.15, 0.2) is 18.5 Å². The van der Waals surface area contributed by atoms with Crippen LogP contribution in [0.3, 0.4) is 0 Å². The van der Waals surface area contributed by atoms with Crippen LogP contribution in [-0.2, 0) is 6.54 Å². The molecule has 0 N–H and O–H groups in total. The number of rotatable bonds is 2. The zero-order chi connectivity index (χ0) is 9.80. The highest BCUT2D eigenvalue weighted by Crippen LogP contribution is 2.12. The monoisotopic (exact) mass is 186 g/mol. The predicted molar refractivity (Wildman–Crippen MR) is 56.7 cm³/mol. The van der Waals surface area contributed by atoms with Gasteiger partial charge in [-0.3, -0.25) is 9.88 Å². The molecule has 0 unspecified atom stereocenters. The van der Waals surface area contributed by atoms with Crippen LogP contribution in [0, 0.1) is 12.3 Å². The van der Waals surface area contributed by atoms with E-state index in [1.807, 2.05) is 12.3 Å². The normalized spacial score (nSPS) is 16.8. The molecule has 0 aliphatic carbocycles. The summed E-state index contributed by atoms with van der Waals surface area (Å²) in [6.45, 7) is 3.41. The van der Waals surface area contributed by atoms with E-state index in [0.29, 0.717) is 0 Å². The summed E-state index contributed by atoms with van der Waals surface area (Å²) in [5, 5.41) is 0. The fourth-order valence-corrected chi connectivity index (χ4v) is 1.85. The van der Waals surface area contributed by atoms with Crippen LogP contribution in [0.4, 0.5) is 0 Å². The van der Waals surface area contributed by atoms with Crippen molar-refractivity contribution in [2.75, 3.05) is 13.1 Å². The Morgan fingerprint density at radius 1 is 1.36 bits per heavy atom. The van der Waals surface area contributed by atoms with Crippen molar-refractivity contribution in [3.8, 4) is 12.3 Å². The van der Waals surface area contributed by atoms with Gasteiger partial charge in [-0.1, -0.05) is 5.92 Å². The van der Waals surface area contributed by atoms with Gasteiger partial charge in [-0.25, -0.2) is 0 Å². The molecule has 0 radical (unpaired) electrons. The van der Waals surface area contributed by atoms with Crippen LogP contribution in [0.2, 0.25) is 0 Å². The first-order valence-electron chi connectivity index (χ1n) is 5.01. The van der Waals surface area contributed by atoms with Gasteiger partial charge in [0.2, 0.25) is 0 Å². The molecule has 1 aliphatic rings. The van der Waals surface area contributed by atoms with Crippen LogP contribution >= 0.6 is 0 Å². The van der Waals surface area contributed by atoms with Gasteiger partial charge < -0.3 is 0 Å². The summed E-state index contributed by atoms with van der Waals surface area (Å²) in [5.41, 5.74) is 2.10. The average Bonchev–Trinajstić information content (AvgIpc) is 2.71. The second-order valence-corrected chi connectivity index (χ2v) is 3.71. The highest BCUT2D eigenvalue weighted by Gasteiger charge is 2.11. The second-order valence-electron chi connectivity index (χ2n) is 3.71. The second kappa shape index (κ2) is 4.26. The minimum atomic E-state index is 0.877. The standard InChI is InChI=1S/C12H14N2/c1-2-11-7-12(9-13-8-11)10-14-5-3-4-6-14/h1,7-9H,3-6,10H2. The van der Waals surface area contributed by atoms with Crippen LogP contribution in [0.25, 0.3) is 0 Å². The molecule has 0 aromatic carbocycles. The molecule has 2 nitrogen and oxygen atoms in total. The molecule has 14 heavy (non-hydrogen) atoms. The molecule has 2 heterocycles. The van der Waals surface area contributed by atoms with Crippen molar-refractivity contribution in [3.05, 3.63) is 29.6 Å². The van der Waals surface area contributed by atoms with Crippen molar-refractivity contribution in [1.29, 1.82) is 0 Å². The van der Waals surface area contributed by atoms with E-state index in [1.165, 1.54) is 31.5 Å². The number of aromatic nitrogens is 1. The molecule has 2 rings (SSSR count). The maximum atomic E-state index is 5.32. The fraction of sp³-hybridized carbons (Fsp3) is 0.417. The summed E-state index contributed by atoms with van der Waals surface area (Å²) in [4.78, 5) is 6.57. The summed E-state index contributed by atoms with van der Waals surface area (Å²) in [6.07, 6.45) is 11.6. The molecule has 0 amide bonds. The van der Waals surface area contributed by atoms with Crippen molar-refractivity contribution >= 4 is 0 Å². The molecular weight excluding hydrogens is 172 g/mol. The third-order valence-electron chi connectivity index (χ3n) is 2.57. The zero-order valence-electron chi connectivity index (χ0n) is 8.24. The fourth-order valence-electron chi connectivity index (χ4n) is 1.85. The Morgan fingerprint density at radius 2 is 2.14 bits per heavy atom. The first-order chi connectivity index (χ1) is 6.88. The quantitative estimate of drug-likeness (QED) is 0.653. The highest BCUT2D eigenvalue weighted by atomic mass is 15.1. The van der Waals surface area contributed by atoms with Gasteiger partial charge in [-0.2, -0.15) is 0 Å². The largest absolute Gasteiger partial charge is 0.299 e. The van der Waals surface area contributed by atoms with E-state index in [2.05, 4.69) is 15.8 Å². The molecule has 2 heteroatoms. The van der Waals surface area contributed by atoms with E-state index in [9.17, 15) is 0 Å². The van der Waals surface area contributed by atoms with Crippen LogP contribution < -0.4 is 0 Å². The maximum absolute atomic E-state index is 5.32. The predicted octanol–water partition coefficient (Wildman–Crippen LogP) is 1.66. The van der Waals surface area contributed by atoms with E-state index in [-0.39, 0.29) is 0 Å². The Balaban J connectivity index is 2.05. The van der Waals surface area contributed by atoms with Crippen LogP contribution in [0.5, 0.6) is 0 Å². The van der Waals surface area contributed by atoms with Crippen molar-refractivity contribution in [2.24, 2.45) is 0 Å². The molecule has 1 fully saturated rings. The number of hydrogen-bond acceptors (Lipinski definition) is 2.